The largest absolute Gasteiger partial charge is 0.330 e. The maximum absolute atomic E-state index is 10.9. The van der Waals surface area contributed by atoms with E-state index in [0.717, 1.165) is 18.5 Å². The zero-order valence-corrected chi connectivity index (χ0v) is 8.39. The topological polar surface area (TPSA) is 29.1 Å². The summed E-state index contributed by atoms with van der Waals surface area (Å²) in [7, 11) is 0. The average molecular weight is 179 g/mol. The van der Waals surface area contributed by atoms with Gasteiger partial charge in [-0.15, -0.1) is 0 Å². The van der Waals surface area contributed by atoms with E-state index in [1.807, 2.05) is 0 Å². The first kappa shape index (κ1) is 10.0. The van der Waals surface area contributed by atoms with Crippen molar-refractivity contribution >= 4 is 5.91 Å². The molecule has 2 heteroatoms. The first-order valence-electron chi connectivity index (χ1n) is 4.90. The molecule has 0 spiro atoms. The lowest BCUT2D eigenvalue weighted by atomic mass is 9.99. The van der Waals surface area contributed by atoms with E-state index < -0.39 is 0 Å². The number of amides is 1. The first-order valence-corrected chi connectivity index (χ1v) is 4.90. The molecule has 0 radical (unpaired) electrons. The molecule has 0 aromatic heterocycles. The molecule has 0 saturated heterocycles. The van der Waals surface area contributed by atoms with Crippen LogP contribution in [-0.4, -0.2) is 5.91 Å². The quantitative estimate of drug-likeness (QED) is 0.693. The molecule has 0 saturated carbocycles. The van der Waals surface area contributed by atoms with Crippen LogP contribution in [0.2, 0.25) is 0 Å². The van der Waals surface area contributed by atoms with Gasteiger partial charge in [0.15, 0.2) is 0 Å². The van der Waals surface area contributed by atoms with Crippen LogP contribution >= 0.6 is 0 Å². The van der Waals surface area contributed by atoms with Gasteiger partial charge in [-0.25, -0.2) is 0 Å². The second-order valence-electron chi connectivity index (χ2n) is 3.33. The Kier molecular flexibility index (Phi) is 3.74. The minimum absolute atomic E-state index is 0.0309. The van der Waals surface area contributed by atoms with Crippen LogP contribution in [0.5, 0.6) is 0 Å². The number of allylic oxidation sites excluding steroid dienone is 4. The molecule has 0 heterocycles. The lowest BCUT2D eigenvalue weighted by Crippen LogP contribution is -2.20. The summed E-state index contributed by atoms with van der Waals surface area (Å²) in [4.78, 5) is 10.9. The smallest absolute Gasteiger partial charge is 0.221 e. The highest BCUT2D eigenvalue weighted by molar-refractivity contribution is 5.75. The van der Waals surface area contributed by atoms with Gasteiger partial charge in [0.05, 0.1) is 0 Å². The van der Waals surface area contributed by atoms with Gasteiger partial charge >= 0.3 is 0 Å². The van der Waals surface area contributed by atoms with Gasteiger partial charge in [0.25, 0.3) is 0 Å². The molecule has 0 fully saturated rings. The van der Waals surface area contributed by atoms with Gasteiger partial charge in [-0.3, -0.25) is 4.79 Å². The van der Waals surface area contributed by atoms with Crippen molar-refractivity contribution in [3.63, 3.8) is 0 Å². The van der Waals surface area contributed by atoms with Crippen molar-refractivity contribution in [2.45, 2.75) is 39.5 Å². The minimum atomic E-state index is 0.0309. The number of hydrogen-bond acceptors (Lipinski definition) is 1. The van der Waals surface area contributed by atoms with Crippen molar-refractivity contribution in [3.05, 3.63) is 23.4 Å². The SMILES string of the molecule is CC/C(NC(C)=O)=C1\C=CCCC1. The monoisotopic (exact) mass is 179 g/mol. The predicted octanol–water partition coefficient (Wildman–Crippen LogP) is 2.53. The highest BCUT2D eigenvalue weighted by atomic mass is 16.1. The highest BCUT2D eigenvalue weighted by Crippen LogP contribution is 2.19. The molecule has 0 bridgehead atoms. The fourth-order valence-corrected chi connectivity index (χ4v) is 1.58. The van der Waals surface area contributed by atoms with E-state index in [9.17, 15) is 4.79 Å². The average Bonchev–Trinajstić information content (AvgIpc) is 2.15. The Bertz CT molecular complexity index is 251. The summed E-state index contributed by atoms with van der Waals surface area (Å²) in [5.41, 5.74) is 2.38. The predicted molar refractivity (Wildman–Crippen MR) is 54.1 cm³/mol. The summed E-state index contributed by atoms with van der Waals surface area (Å²) in [6.07, 6.45) is 8.68. The van der Waals surface area contributed by atoms with Gasteiger partial charge in [-0.05, 0) is 31.3 Å². The molecule has 0 aromatic carbocycles. The lowest BCUT2D eigenvalue weighted by molar-refractivity contribution is -0.118. The second kappa shape index (κ2) is 4.85. The van der Waals surface area contributed by atoms with Gasteiger partial charge < -0.3 is 5.32 Å². The molecule has 0 atom stereocenters. The normalized spacial score (nSPS) is 19.8. The molecular weight excluding hydrogens is 162 g/mol. The van der Waals surface area contributed by atoms with Gasteiger partial charge in [0, 0.05) is 12.6 Å². The van der Waals surface area contributed by atoms with Crippen LogP contribution in [0.3, 0.4) is 0 Å². The molecule has 1 N–H and O–H groups in total. The van der Waals surface area contributed by atoms with Crippen LogP contribution in [0.25, 0.3) is 0 Å². The van der Waals surface area contributed by atoms with E-state index in [-0.39, 0.29) is 5.91 Å². The van der Waals surface area contributed by atoms with E-state index in [0.29, 0.717) is 0 Å². The maximum Gasteiger partial charge on any atom is 0.221 e. The van der Waals surface area contributed by atoms with Crippen molar-refractivity contribution in [2.24, 2.45) is 0 Å². The van der Waals surface area contributed by atoms with Gasteiger partial charge in [-0.1, -0.05) is 19.1 Å². The standard InChI is InChI=1S/C11H17NO/c1-3-11(12-9(2)13)10-7-5-4-6-8-10/h5,7H,3-4,6,8H2,1-2H3,(H,12,13)/b11-10-. The Morgan fingerprint density at radius 1 is 1.62 bits per heavy atom. The number of carbonyl (C=O) groups is 1. The first-order chi connectivity index (χ1) is 6.24. The Labute approximate surface area is 79.7 Å². The lowest BCUT2D eigenvalue weighted by Gasteiger charge is -2.14. The van der Waals surface area contributed by atoms with Crippen molar-refractivity contribution in [1.82, 2.24) is 5.32 Å². The van der Waals surface area contributed by atoms with Crippen molar-refractivity contribution in [1.29, 1.82) is 0 Å². The Hall–Kier alpha value is -1.05. The highest BCUT2D eigenvalue weighted by Gasteiger charge is 2.06. The van der Waals surface area contributed by atoms with Crippen LogP contribution in [-0.2, 0) is 4.79 Å². The minimum Gasteiger partial charge on any atom is -0.330 e. The van der Waals surface area contributed by atoms with Crippen LogP contribution in [0.4, 0.5) is 0 Å². The third-order valence-electron chi connectivity index (χ3n) is 2.20. The van der Waals surface area contributed by atoms with E-state index in [1.54, 1.807) is 6.92 Å². The summed E-state index contributed by atoms with van der Waals surface area (Å²) >= 11 is 0. The zero-order chi connectivity index (χ0) is 9.68. The van der Waals surface area contributed by atoms with Crippen LogP contribution in [0.1, 0.15) is 39.5 Å². The third-order valence-corrected chi connectivity index (χ3v) is 2.20. The summed E-state index contributed by atoms with van der Waals surface area (Å²) in [6, 6.07) is 0. The number of hydrogen-bond donors (Lipinski definition) is 1. The molecule has 1 rings (SSSR count). The number of nitrogens with one attached hydrogen (secondary N) is 1. The maximum atomic E-state index is 10.9. The summed E-state index contributed by atoms with van der Waals surface area (Å²) in [5.74, 6) is 0.0309. The van der Waals surface area contributed by atoms with Gasteiger partial charge in [0.2, 0.25) is 5.91 Å². The van der Waals surface area contributed by atoms with E-state index in [1.165, 1.54) is 18.4 Å². The molecule has 0 aliphatic heterocycles. The molecule has 0 unspecified atom stereocenters. The van der Waals surface area contributed by atoms with Crippen LogP contribution in [0.15, 0.2) is 23.4 Å². The van der Waals surface area contributed by atoms with E-state index in [4.69, 9.17) is 0 Å². The Morgan fingerprint density at radius 2 is 2.38 bits per heavy atom. The Balaban J connectivity index is 2.76. The number of carbonyl (C=O) groups excluding carboxylic acids is 1. The molecule has 2 nitrogen and oxygen atoms in total. The Morgan fingerprint density at radius 3 is 2.85 bits per heavy atom. The van der Waals surface area contributed by atoms with Gasteiger partial charge in [-0.2, -0.15) is 0 Å². The molecule has 0 aromatic rings. The summed E-state index contributed by atoms with van der Waals surface area (Å²) < 4.78 is 0. The van der Waals surface area contributed by atoms with Crippen molar-refractivity contribution < 1.29 is 4.79 Å². The van der Waals surface area contributed by atoms with E-state index >= 15 is 0 Å². The molecule has 1 aliphatic rings. The summed E-state index contributed by atoms with van der Waals surface area (Å²) in [6.45, 7) is 3.63. The molecule has 1 aliphatic carbocycles. The van der Waals surface area contributed by atoms with Crippen molar-refractivity contribution in [3.8, 4) is 0 Å². The summed E-state index contributed by atoms with van der Waals surface area (Å²) in [5, 5.41) is 2.89. The second-order valence-corrected chi connectivity index (χ2v) is 3.33. The van der Waals surface area contributed by atoms with Gasteiger partial charge in [0.1, 0.15) is 0 Å². The van der Waals surface area contributed by atoms with E-state index in [2.05, 4.69) is 24.4 Å². The fourth-order valence-electron chi connectivity index (χ4n) is 1.58. The zero-order valence-electron chi connectivity index (χ0n) is 8.39. The molecule has 1 amide bonds. The molecule has 72 valence electrons. The van der Waals surface area contributed by atoms with Crippen LogP contribution in [0, 0.1) is 0 Å². The third kappa shape index (κ3) is 3.05. The number of rotatable bonds is 2. The molecular formula is C11H17NO. The fraction of sp³-hybridized carbons (Fsp3) is 0.545. The van der Waals surface area contributed by atoms with Crippen LogP contribution < -0.4 is 5.32 Å². The van der Waals surface area contributed by atoms with Crippen molar-refractivity contribution in [2.75, 3.05) is 0 Å². The molecule has 13 heavy (non-hydrogen) atoms.